The Kier molecular flexibility index (Phi) is 7.12. The molecule has 0 aliphatic carbocycles. The third kappa shape index (κ3) is 5.42. The van der Waals surface area contributed by atoms with E-state index in [0.29, 0.717) is 0 Å². The molecule has 4 heteroatoms. The Morgan fingerprint density at radius 3 is 2.76 bits per heavy atom. The molecule has 0 bridgehead atoms. The van der Waals surface area contributed by atoms with Gasteiger partial charge in [-0.05, 0) is 49.2 Å². The van der Waals surface area contributed by atoms with Crippen LogP contribution in [0.1, 0.15) is 46.0 Å². The molecule has 0 spiro atoms. The highest BCUT2D eigenvalue weighted by Gasteiger charge is 2.19. The SMILES string of the molecule is CC(C)CC[CH]CCCCN1CCN(c2nccc3sccc23)CC1. The summed E-state index contributed by atoms with van der Waals surface area (Å²) in [5, 5.41) is 3.49. The van der Waals surface area contributed by atoms with Crippen molar-refractivity contribution in [3.05, 3.63) is 30.1 Å². The molecule has 2 aromatic heterocycles. The maximum absolute atomic E-state index is 4.65. The van der Waals surface area contributed by atoms with Gasteiger partial charge < -0.3 is 4.90 Å². The van der Waals surface area contributed by atoms with Gasteiger partial charge in [-0.25, -0.2) is 4.98 Å². The van der Waals surface area contributed by atoms with Gasteiger partial charge in [-0.3, -0.25) is 4.90 Å². The predicted octanol–water partition coefficient (Wildman–Crippen LogP) is 5.23. The van der Waals surface area contributed by atoms with Gasteiger partial charge in [-0.1, -0.05) is 33.1 Å². The van der Waals surface area contributed by atoms with Crippen molar-refractivity contribution < 1.29 is 0 Å². The van der Waals surface area contributed by atoms with Gasteiger partial charge >= 0.3 is 0 Å². The zero-order valence-electron chi connectivity index (χ0n) is 15.8. The molecule has 137 valence electrons. The van der Waals surface area contributed by atoms with Gasteiger partial charge in [0.15, 0.2) is 0 Å². The van der Waals surface area contributed by atoms with Crippen molar-refractivity contribution in [3.8, 4) is 0 Å². The highest BCUT2D eigenvalue weighted by atomic mass is 32.1. The first-order chi connectivity index (χ1) is 12.2. The normalized spacial score (nSPS) is 16.2. The minimum atomic E-state index is 0.835. The van der Waals surface area contributed by atoms with E-state index >= 15 is 0 Å². The molecule has 1 radical (unpaired) electrons. The number of thiophene rings is 1. The number of piperazine rings is 1. The lowest BCUT2D eigenvalue weighted by molar-refractivity contribution is 0.252. The lowest BCUT2D eigenvalue weighted by Crippen LogP contribution is -2.46. The number of anilines is 1. The van der Waals surface area contributed by atoms with Crippen molar-refractivity contribution in [2.24, 2.45) is 5.92 Å². The van der Waals surface area contributed by atoms with Crippen LogP contribution in [0.3, 0.4) is 0 Å². The minimum Gasteiger partial charge on any atom is -0.354 e. The zero-order valence-corrected chi connectivity index (χ0v) is 16.6. The molecule has 0 saturated carbocycles. The number of aromatic nitrogens is 1. The number of fused-ring (bicyclic) bond motifs is 1. The van der Waals surface area contributed by atoms with E-state index in [1.165, 1.54) is 67.6 Å². The minimum absolute atomic E-state index is 0.835. The van der Waals surface area contributed by atoms with Crippen LogP contribution in [0.15, 0.2) is 23.7 Å². The van der Waals surface area contributed by atoms with Gasteiger partial charge in [-0.15, -0.1) is 11.3 Å². The lowest BCUT2D eigenvalue weighted by atomic mass is 10.0. The van der Waals surface area contributed by atoms with Crippen LogP contribution in [-0.2, 0) is 0 Å². The Labute approximate surface area is 157 Å². The van der Waals surface area contributed by atoms with Gasteiger partial charge in [0.2, 0.25) is 0 Å². The zero-order chi connectivity index (χ0) is 17.5. The molecular weight excluding hydrogens is 326 g/mol. The number of nitrogens with zero attached hydrogens (tertiary/aromatic N) is 3. The maximum Gasteiger partial charge on any atom is 0.137 e. The van der Waals surface area contributed by atoms with Crippen molar-refractivity contribution in [3.63, 3.8) is 0 Å². The predicted molar refractivity (Wildman–Crippen MR) is 110 cm³/mol. The Bertz CT molecular complexity index is 629. The molecule has 3 nitrogen and oxygen atoms in total. The summed E-state index contributed by atoms with van der Waals surface area (Å²) >= 11 is 1.81. The van der Waals surface area contributed by atoms with Gasteiger partial charge in [0.1, 0.15) is 5.82 Å². The molecular formula is C21H32N3S. The average Bonchev–Trinajstić information content (AvgIpc) is 3.10. The fraction of sp³-hybridized carbons (Fsp3) is 0.619. The second kappa shape index (κ2) is 9.54. The van der Waals surface area contributed by atoms with Crippen molar-refractivity contribution in [2.75, 3.05) is 37.6 Å². The van der Waals surface area contributed by atoms with Crippen LogP contribution < -0.4 is 4.90 Å². The first kappa shape index (κ1) is 18.7. The summed E-state index contributed by atoms with van der Waals surface area (Å²) in [7, 11) is 0. The summed E-state index contributed by atoms with van der Waals surface area (Å²) in [6.07, 6.45) is 11.0. The van der Waals surface area contributed by atoms with Gasteiger partial charge in [0.05, 0.1) is 0 Å². The highest BCUT2D eigenvalue weighted by molar-refractivity contribution is 7.17. The van der Waals surface area contributed by atoms with Crippen LogP contribution >= 0.6 is 11.3 Å². The number of unbranched alkanes of at least 4 members (excludes halogenated alkanes) is 4. The summed E-state index contributed by atoms with van der Waals surface area (Å²) in [6, 6.07) is 4.34. The van der Waals surface area contributed by atoms with Crippen LogP contribution in [0.2, 0.25) is 0 Å². The summed E-state index contributed by atoms with van der Waals surface area (Å²) in [5.74, 6) is 2.01. The molecule has 0 aromatic carbocycles. The Morgan fingerprint density at radius 1 is 1.12 bits per heavy atom. The van der Waals surface area contributed by atoms with Crippen molar-refractivity contribution in [2.45, 2.75) is 46.0 Å². The lowest BCUT2D eigenvalue weighted by Gasteiger charge is -2.35. The average molecular weight is 359 g/mol. The molecule has 0 unspecified atom stereocenters. The molecule has 1 aliphatic heterocycles. The summed E-state index contributed by atoms with van der Waals surface area (Å²) in [4.78, 5) is 9.74. The molecule has 0 N–H and O–H groups in total. The van der Waals surface area contributed by atoms with Crippen LogP contribution in [0.5, 0.6) is 0 Å². The molecule has 0 amide bonds. The van der Waals surface area contributed by atoms with E-state index in [1.54, 1.807) is 11.3 Å². The number of hydrogen-bond donors (Lipinski definition) is 0. The Balaban J connectivity index is 1.34. The molecule has 25 heavy (non-hydrogen) atoms. The number of rotatable bonds is 9. The molecule has 1 aliphatic rings. The van der Waals surface area contributed by atoms with E-state index in [9.17, 15) is 0 Å². The summed E-state index contributed by atoms with van der Waals surface area (Å²) in [6.45, 7) is 10.4. The van der Waals surface area contributed by atoms with Crippen LogP contribution in [0.4, 0.5) is 5.82 Å². The van der Waals surface area contributed by atoms with E-state index in [-0.39, 0.29) is 0 Å². The number of hydrogen-bond acceptors (Lipinski definition) is 4. The number of pyridine rings is 1. The van der Waals surface area contributed by atoms with Crippen molar-refractivity contribution in [1.29, 1.82) is 0 Å². The van der Waals surface area contributed by atoms with Gasteiger partial charge in [-0.2, -0.15) is 0 Å². The first-order valence-electron chi connectivity index (χ1n) is 9.85. The van der Waals surface area contributed by atoms with E-state index in [1.807, 2.05) is 6.20 Å². The maximum atomic E-state index is 4.65. The molecule has 1 saturated heterocycles. The third-order valence-electron chi connectivity index (χ3n) is 5.11. The summed E-state index contributed by atoms with van der Waals surface area (Å²) in [5.41, 5.74) is 0. The third-order valence-corrected chi connectivity index (χ3v) is 5.99. The van der Waals surface area contributed by atoms with Crippen LogP contribution in [-0.4, -0.2) is 42.6 Å². The van der Waals surface area contributed by atoms with Crippen LogP contribution in [0.25, 0.3) is 10.1 Å². The molecule has 0 atom stereocenters. The Hall–Kier alpha value is -1.13. The monoisotopic (exact) mass is 358 g/mol. The van der Waals surface area contributed by atoms with E-state index in [0.717, 1.165) is 19.0 Å². The van der Waals surface area contributed by atoms with Crippen molar-refractivity contribution in [1.82, 2.24) is 9.88 Å². The quantitative estimate of drug-likeness (QED) is 0.572. The highest BCUT2D eigenvalue weighted by Crippen LogP contribution is 2.29. The first-order valence-corrected chi connectivity index (χ1v) is 10.7. The second-order valence-electron chi connectivity index (χ2n) is 7.55. The fourth-order valence-corrected chi connectivity index (χ4v) is 4.31. The fourth-order valence-electron chi connectivity index (χ4n) is 3.53. The van der Waals surface area contributed by atoms with E-state index in [2.05, 4.69) is 52.6 Å². The van der Waals surface area contributed by atoms with E-state index < -0.39 is 0 Å². The second-order valence-corrected chi connectivity index (χ2v) is 8.50. The van der Waals surface area contributed by atoms with Crippen LogP contribution in [0, 0.1) is 12.3 Å². The Morgan fingerprint density at radius 2 is 1.96 bits per heavy atom. The molecule has 3 heterocycles. The smallest absolute Gasteiger partial charge is 0.137 e. The van der Waals surface area contributed by atoms with Gasteiger partial charge in [0.25, 0.3) is 0 Å². The molecule has 1 fully saturated rings. The topological polar surface area (TPSA) is 19.4 Å². The molecule has 2 aromatic rings. The largest absolute Gasteiger partial charge is 0.354 e. The van der Waals surface area contributed by atoms with E-state index in [4.69, 9.17) is 0 Å². The van der Waals surface area contributed by atoms with Gasteiger partial charge in [0, 0.05) is 42.5 Å². The van der Waals surface area contributed by atoms with Crippen molar-refractivity contribution >= 4 is 27.2 Å². The summed E-state index contributed by atoms with van der Waals surface area (Å²) < 4.78 is 1.35. The molecule has 3 rings (SSSR count). The standard InChI is InChI=1S/C21H32N3S/c1-18(2)8-6-4-3-5-7-12-23-13-15-24(16-14-23)21-19-10-17-25-20(19)9-11-22-21/h4,9-11,17-18H,3,5-8,12-16H2,1-2H3.